The third-order valence-electron chi connectivity index (χ3n) is 4.51. The number of methoxy groups -OCH3 is 2. The number of ether oxygens (including phenoxy) is 2. The van der Waals surface area contributed by atoms with Gasteiger partial charge in [-0.15, -0.1) is 0 Å². The van der Waals surface area contributed by atoms with Crippen LogP contribution in [-0.4, -0.2) is 28.6 Å². The highest BCUT2D eigenvalue weighted by Crippen LogP contribution is 2.40. The highest BCUT2D eigenvalue weighted by molar-refractivity contribution is 5.94. The minimum atomic E-state index is -0.0727. The van der Waals surface area contributed by atoms with E-state index in [1.807, 2.05) is 18.3 Å². The lowest BCUT2D eigenvalue weighted by Gasteiger charge is -2.18. The van der Waals surface area contributed by atoms with Crippen LogP contribution < -0.4 is 15.0 Å². The Morgan fingerprint density at radius 3 is 2.20 bits per heavy atom. The molecule has 0 N–H and O–H groups in total. The number of nitrogens with zero attached hydrogens (tertiary/aromatic N) is 3. The lowest BCUT2D eigenvalue weighted by atomic mass is 9.95. The van der Waals surface area contributed by atoms with E-state index in [4.69, 9.17) is 9.47 Å². The van der Waals surface area contributed by atoms with Crippen LogP contribution in [0.3, 0.4) is 0 Å². The number of aromatic nitrogens is 3. The predicted molar refractivity (Wildman–Crippen MR) is 98.6 cm³/mol. The Hall–Kier alpha value is -2.76. The van der Waals surface area contributed by atoms with Crippen LogP contribution >= 0.6 is 0 Å². The summed E-state index contributed by atoms with van der Waals surface area (Å²) in [5.41, 5.74) is 3.37. The van der Waals surface area contributed by atoms with Crippen molar-refractivity contribution < 1.29 is 9.47 Å². The molecule has 2 aromatic heterocycles. The van der Waals surface area contributed by atoms with Gasteiger partial charge in [-0.3, -0.25) is 9.48 Å². The number of fused-ring (bicyclic) bond motifs is 1. The molecule has 3 rings (SSSR count). The molecule has 3 aromatic rings. The van der Waals surface area contributed by atoms with Crippen LogP contribution in [0.25, 0.3) is 22.0 Å². The zero-order valence-electron chi connectivity index (χ0n) is 15.5. The minimum Gasteiger partial charge on any atom is -0.496 e. The van der Waals surface area contributed by atoms with Gasteiger partial charge < -0.3 is 14.0 Å². The molecular weight excluding hydrogens is 318 g/mol. The molecule has 25 heavy (non-hydrogen) atoms. The van der Waals surface area contributed by atoms with Crippen molar-refractivity contribution in [2.75, 3.05) is 14.2 Å². The van der Waals surface area contributed by atoms with Crippen LogP contribution in [0.5, 0.6) is 11.5 Å². The summed E-state index contributed by atoms with van der Waals surface area (Å²) in [6, 6.07) is 3.98. The van der Waals surface area contributed by atoms with E-state index in [1.54, 1.807) is 43.8 Å². The Morgan fingerprint density at radius 1 is 1.08 bits per heavy atom. The van der Waals surface area contributed by atoms with E-state index >= 15 is 0 Å². The SMILES string of the molecule is COc1cc(-c2cn(C)c(=O)c3c2cnn3C)cc(OC)c1C(C)C. The molecular formula is C19H23N3O3. The summed E-state index contributed by atoms with van der Waals surface area (Å²) in [4.78, 5) is 12.4. The maximum Gasteiger partial charge on any atom is 0.276 e. The van der Waals surface area contributed by atoms with Gasteiger partial charge in [-0.25, -0.2) is 0 Å². The van der Waals surface area contributed by atoms with Gasteiger partial charge in [0, 0.05) is 36.8 Å². The molecule has 6 heteroatoms. The lowest BCUT2D eigenvalue weighted by Crippen LogP contribution is -2.18. The van der Waals surface area contributed by atoms with Crippen molar-refractivity contribution >= 4 is 10.9 Å². The van der Waals surface area contributed by atoms with Gasteiger partial charge in [-0.2, -0.15) is 5.10 Å². The van der Waals surface area contributed by atoms with Crippen molar-refractivity contribution in [1.29, 1.82) is 0 Å². The van der Waals surface area contributed by atoms with E-state index in [2.05, 4.69) is 18.9 Å². The average Bonchev–Trinajstić information content (AvgIpc) is 2.98. The van der Waals surface area contributed by atoms with Crippen LogP contribution in [0.2, 0.25) is 0 Å². The highest BCUT2D eigenvalue weighted by atomic mass is 16.5. The number of aryl methyl sites for hydroxylation is 2. The zero-order valence-corrected chi connectivity index (χ0v) is 15.5. The van der Waals surface area contributed by atoms with Gasteiger partial charge in [0.1, 0.15) is 17.0 Å². The van der Waals surface area contributed by atoms with Gasteiger partial charge in [-0.05, 0) is 23.6 Å². The van der Waals surface area contributed by atoms with Gasteiger partial charge in [-0.1, -0.05) is 13.8 Å². The van der Waals surface area contributed by atoms with Gasteiger partial charge >= 0.3 is 0 Å². The van der Waals surface area contributed by atoms with Crippen molar-refractivity contribution in [1.82, 2.24) is 14.3 Å². The first-order valence-corrected chi connectivity index (χ1v) is 8.16. The first-order valence-electron chi connectivity index (χ1n) is 8.16. The number of pyridine rings is 1. The molecule has 0 saturated heterocycles. The normalized spacial score (nSPS) is 11.3. The Labute approximate surface area is 146 Å². The van der Waals surface area contributed by atoms with E-state index in [1.165, 1.54) is 0 Å². The summed E-state index contributed by atoms with van der Waals surface area (Å²) in [6.07, 6.45) is 3.55. The second-order valence-electron chi connectivity index (χ2n) is 6.44. The Morgan fingerprint density at radius 2 is 1.68 bits per heavy atom. The fraction of sp³-hybridized carbons (Fsp3) is 0.368. The first kappa shape index (κ1) is 17.1. The molecule has 0 aliphatic rings. The van der Waals surface area contributed by atoms with Crippen molar-refractivity contribution in [3.05, 3.63) is 40.4 Å². The molecule has 2 heterocycles. The van der Waals surface area contributed by atoms with Gasteiger partial charge in [0.05, 0.1) is 20.4 Å². The van der Waals surface area contributed by atoms with Crippen molar-refractivity contribution in [3.63, 3.8) is 0 Å². The van der Waals surface area contributed by atoms with Crippen LogP contribution in [0.15, 0.2) is 29.3 Å². The second kappa shape index (κ2) is 6.27. The van der Waals surface area contributed by atoms with Crippen LogP contribution in [0, 0.1) is 0 Å². The molecule has 0 bridgehead atoms. The molecule has 0 unspecified atom stereocenters. The zero-order chi connectivity index (χ0) is 18.3. The summed E-state index contributed by atoms with van der Waals surface area (Å²) in [5.74, 6) is 1.81. The number of hydrogen-bond acceptors (Lipinski definition) is 4. The number of benzene rings is 1. The second-order valence-corrected chi connectivity index (χ2v) is 6.44. The lowest BCUT2D eigenvalue weighted by molar-refractivity contribution is 0.382. The fourth-order valence-corrected chi connectivity index (χ4v) is 3.27. The molecule has 0 aliphatic heterocycles. The Balaban J connectivity index is 2.36. The Bertz CT molecular complexity index is 974. The molecule has 0 fully saturated rings. The maximum absolute atomic E-state index is 12.4. The maximum atomic E-state index is 12.4. The fourth-order valence-electron chi connectivity index (χ4n) is 3.27. The number of hydrogen-bond donors (Lipinski definition) is 0. The summed E-state index contributed by atoms with van der Waals surface area (Å²) in [6.45, 7) is 4.21. The molecule has 0 amide bonds. The van der Waals surface area contributed by atoms with Crippen LogP contribution in [-0.2, 0) is 14.1 Å². The smallest absolute Gasteiger partial charge is 0.276 e. The molecule has 0 saturated carbocycles. The molecule has 0 radical (unpaired) electrons. The third kappa shape index (κ3) is 2.67. The number of rotatable bonds is 4. The molecule has 132 valence electrons. The van der Waals surface area contributed by atoms with E-state index in [9.17, 15) is 4.79 Å². The summed E-state index contributed by atoms with van der Waals surface area (Å²) < 4.78 is 14.4. The Kier molecular flexibility index (Phi) is 4.29. The van der Waals surface area contributed by atoms with Crippen LogP contribution in [0.1, 0.15) is 25.3 Å². The van der Waals surface area contributed by atoms with E-state index < -0.39 is 0 Å². The van der Waals surface area contributed by atoms with Gasteiger partial charge in [0.15, 0.2) is 0 Å². The average molecular weight is 341 g/mol. The van der Waals surface area contributed by atoms with Gasteiger partial charge in [0.2, 0.25) is 0 Å². The van der Waals surface area contributed by atoms with Crippen molar-refractivity contribution in [3.8, 4) is 22.6 Å². The largest absolute Gasteiger partial charge is 0.496 e. The van der Waals surface area contributed by atoms with Crippen LogP contribution in [0.4, 0.5) is 0 Å². The molecule has 0 atom stereocenters. The molecule has 1 aromatic carbocycles. The first-order chi connectivity index (χ1) is 11.9. The van der Waals surface area contributed by atoms with Crippen molar-refractivity contribution in [2.45, 2.75) is 19.8 Å². The highest BCUT2D eigenvalue weighted by Gasteiger charge is 2.19. The molecule has 6 nitrogen and oxygen atoms in total. The van der Waals surface area contributed by atoms with E-state index in [0.29, 0.717) is 5.52 Å². The summed E-state index contributed by atoms with van der Waals surface area (Å²) >= 11 is 0. The van der Waals surface area contributed by atoms with E-state index in [-0.39, 0.29) is 11.5 Å². The summed E-state index contributed by atoms with van der Waals surface area (Å²) in [5, 5.41) is 5.07. The monoisotopic (exact) mass is 341 g/mol. The van der Waals surface area contributed by atoms with E-state index in [0.717, 1.165) is 33.6 Å². The molecule has 0 aliphatic carbocycles. The van der Waals surface area contributed by atoms with Crippen molar-refractivity contribution in [2.24, 2.45) is 14.1 Å². The molecule has 0 spiro atoms. The van der Waals surface area contributed by atoms with Gasteiger partial charge in [0.25, 0.3) is 5.56 Å². The quantitative estimate of drug-likeness (QED) is 0.732. The topological polar surface area (TPSA) is 58.3 Å². The third-order valence-corrected chi connectivity index (χ3v) is 4.51. The predicted octanol–water partition coefficient (Wildman–Crippen LogP) is 3.08. The minimum absolute atomic E-state index is 0.0727. The summed E-state index contributed by atoms with van der Waals surface area (Å²) in [7, 11) is 6.83. The standard InChI is InChI=1S/C19H23N3O3/c1-11(2)17-15(24-5)7-12(8-16(17)25-6)14-10-21(3)19(23)18-13(14)9-20-22(18)4/h7-11H,1-6H3.